The molecule has 0 spiro atoms. The van der Waals surface area contributed by atoms with Crippen molar-refractivity contribution in [2.75, 3.05) is 0 Å². The van der Waals surface area contributed by atoms with Gasteiger partial charge in [-0.15, -0.1) is 10.2 Å². The van der Waals surface area contributed by atoms with Crippen molar-refractivity contribution in [3.05, 3.63) is 33.7 Å². The Bertz CT molecular complexity index is 496. The monoisotopic (exact) mass is 222 g/mol. The van der Waals surface area contributed by atoms with Crippen LogP contribution in [0.4, 0.5) is 0 Å². The number of nitrogens with zero attached hydrogens (tertiary/aromatic N) is 2. The number of hydrogen-bond acceptors (Lipinski definition) is 5. The summed E-state index contributed by atoms with van der Waals surface area (Å²) in [5.74, 6) is 0. The Labute approximate surface area is 90.0 Å². The van der Waals surface area contributed by atoms with Crippen molar-refractivity contribution in [2.24, 2.45) is 5.73 Å². The van der Waals surface area contributed by atoms with E-state index in [1.54, 1.807) is 12.3 Å². The van der Waals surface area contributed by atoms with E-state index in [-0.39, 0.29) is 11.6 Å². The lowest BCUT2D eigenvalue weighted by Gasteiger charge is -1.95. The predicted octanol–water partition coefficient (Wildman–Crippen LogP) is 0.913. The molecule has 78 valence electrons. The minimum Gasteiger partial charge on any atom is -0.328 e. The largest absolute Gasteiger partial charge is 0.328 e. The average Bonchev–Trinajstić information content (AvgIpc) is 2.68. The summed E-state index contributed by atoms with van der Waals surface area (Å²) in [4.78, 5) is 13.4. The maximum atomic E-state index is 10.9. The Morgan fingerprint density at radius 2 is 2.27 bits per heavy atom. The van der Waals surface area contributed by atoms with Gasteiger partial charge in [0.25, 0.3) is 0 Å². The molecule has 5 nitrogen and oxygen atoms in total. The first-order valence-corrected chi connectivity index (χ1v) is 5.26. The van der Waals surface area contributed by atoms with E-state index in [2.05, 4.69) is 15.2 Å². The molecule has 0 aliphatic rings. The summed E-state index contributed by atoms with van der Waals surface area (Å²) < 4.78 is 0. The van der Waals surface area contributed by atoms with Gasteiger partial charge >= 0.3 is 0 Å². The quantitative estimate of drug-likeness (QED) is 0.791. The molecule has 0 aromatic carbocycles. The van der Waals surface area contributed by atoms with Gasteiger partial charge in [0.15, 0.2) is 0 Å². The molecule has 3 N–H and O–H groups in total. The highest BCUT2D eigenvalue weighted by molar-refractivity contribution is 7.14. The summed E-state index contributed by atoms with van der Waals surface area (Å²) >= 11 is 1.43. The van der Waals surface area contributed by atoms with Crippen molar-refractivity contribution < 1.29 is 0 Å². The second kappa shape index (κ2) is 3.92. The van der Waals surface area contributed by atoms with Crippen LogP contribution in [-0.2, 0) is 0 Å². The van der Waals surface area contributed by atoms with E-state index in [4.69, 9.17) is 5.73 Å². The van der Waals surface area contributed by atoms with Crippen LogP contribution in [0.2, 0.25) is 0 Å². The first-order valence-electron chi connectivity index (χ1n) is 4.45. The third-order valence-electron chi connectivity index (χ3n) is 1.86. The van der Waals surface area contributed by atoms with Crippen LogP contribution in [0, 0.1) is 0 Å². The van der Waals surface area contributed by atoms with E-state index in [1.807, 2.05) is 6.92 Å². The van der Waals surface area contributed by atoms with Crippen LogP contribution >= 0.6 is 11.3 Å². The number of aromatic amines is 1. The molecule has 2 heterocycles. The number of nitrogens with two attached hydrogens (primary N) is 1. The van der Waals surface area contributed by atoms with Crippen LogP contribution in [0.15, 0.2) is 23.1 Å². The first kappa shape index (κ1) is 10.0. The summed E-state index contributed by atoms with van der Waals surface area (Å²) in [5.41, 5.74) is 6.40. The number of rotatable bonds is 2. The van der Waals surface area contributed by atoms with E-state index in [0.717, 1.165) is 15.6 Å². The normalized spacial score (nSPS) is 12.7. The molecule has 1 atom stereocenters. The first-order chi connectivity index (χ1) is 7.16. The lowest BCUT2D eigenvalue weighted by atomic mass is 10.3. The van der Waals surface area contributed by atoms with E-state index >= 15 is 0 Å². The van der Waals surface area contributed by atoms with Crippen LogP contribution in [0.1, 0.15) is 18.0 Å². The second-order valence-corrected chi connectivity index (χ2v) is 4.18. The molecule has 15 heavy (non-hydrogen) atoms. The predicted molar refractivity (Wildman–Crippen MR) is 58.6 cm³/mol. The Kier molecular flexibility index (Phi) is 2.61. The molecule has 0 aliphatic heterocycles. The standard InChI is InChI=1S/C9H10N4OS/c1-5(10)8-12-13-9(15-8)6-2-3-7(14)11-4-6/h2-5H,10H2,1H3,(H,11,14). The lowest BCUT2D eigenvalue weighted by Crippen LogP contribution is -2.03. The maximum absolute atomic E-state index is 10.9. The number of H-pyrrole nitrogens is 1. The topological polar surface area (TPSA) is 84.7 Å². The van der Waals surface area contributed by atoms with Crippen molar-refractivity contribution in [3.8, 4) is 10.6 Å². The highest BCUT2D eigenvalue weighted by Crippen LogP contribution is 2.24. The highest BCUT2D eigenvalue weighted by atomic mass is 32.1. The van der Waals surface area contributed by atoms with Gasteiger partial charge in [-0.2, -0.15) is 0 Å². The molecule has 0 radical (unpaired) electrons. The Morgan fingerprint density at radius 1 is 1.47 bits per heavy atom. The Morgan fingerprint density at radius 3 is 2.80 bits per heavy atom. The molecule has 2 aromatic rings. The molecule has 0 saturated carbocycles. The number of aromatic nitrogens is 3. The van der Waals surface area contributed by atoms with Crippen LogP contribution < -0.4 is 11.3 Å². The SMILES string of the molecule is CC(N)c1nnc(-c2ccc(=O)[nH]c2)s1. The Hall–Kier alpha value is -1.53. The highest BCUT2D eigenvalue weighted by Gasteiger charge is 2.09. The van der Waals surface area contributed by atoms with Crippen LogP contribution in [0.5, 0.6) is 0 Å². The van der Waals surface area contributed by atoms with Gasteiger partial charge in [0, 0.05) is 17.8 Å². The van der Waals surface area contributed by atoms with Gasteiger partial charge in [0.2, 0.25) is 5.56 Å². The summed E-state index contributed by atoms with van der Waals surface area (Å²) in [5, 5.41) is 9.52. The fourth-order valence-electron chi connectivity index (χ4n) is 1.08. The van der Waals surface area contributed by atoms with Gasteiger partial charge in [-0.1, -0.05) is 11.3 Å². The molecule has 0 fully saturated rings. The summed E-state index contributed by atoms with van der Waals surface area (Å²) in [6.45, 7) is 1.86. The van der Waals surface area contributed by atoms with Crippen LogP contribution in [0.25, 0.3) is 10.6 Å². The molecule has 2 rings (SSSR count). The molecule has 2 aromatic heterocycles. The van der Waals surface area contributed by atoms with E-state index in [1.165, 1.54) is 17.4 Å². The average molecular weight is 222 g/mol. The van der Waals surface area contributed by atoms with Gasteiger partial charge in [-0.3, -0.25) is 4.79 Å². The van der Waals surface area contributed by atoms with Crippen molar-refractivity contribution in [1.29, 1.82) is 0 Å². The van der Waals surface area contributed by atoms with Gasteiger partial charge in [0.05, 0.1) is 6.04 Å². The zero-order chi connectivity index (χ0) is 10.8. The lowest BCUT2D eigenvalue weighted by molar-refractivity contribution is 0.786. The molecule has 0 bridgehead atoms. The fourth-order valence-corrected chi connectivity index (χ4v) is 1.87. The van der Waals surface area contributed by atoms with Gasteiger partial charge in [-0.05, 0) is 13.0 Å². The smallest absolute Gasteiger partial charge is 0.247 e. The van der Waals surface area contributed by atoms with Gasteiger partial charge in [0.1, 0.15) is 10.0 Å². The van der Waals surface area contributed by atoms with Crippen molar-refractivity contribution >= 4 is 11.3 Å². The van der Waals surface area contributed by atoms with Gasteiger partial charge in [-0.25, -0.2) is 0 Å². The molecular weight excluding hydrogens is 212 g/mol. The van der Waals surface area contributed by atoms with E-state index in [9.17, 15) is 4.79 Å². The van der Waals surface area contributed by atoms with Crippen LogP contribution in [0.3, 0.4) is 0 Å². The van der Waals surface area contributed by atoms with Crippen LogP contribution in [-0.4, -0.2) is 15.2 Å². The maximum Gasteiger partial charge on any atom is 0.247 e. The third-order valence-corrected chi connectivity index (χ3v) is 3.03. The zero-order valence-corrected chi connectivity index (χ0v) is 8.91. The third kappa shape index (κ3) is 2.11. The summed E-state index contributed by atoms with van der Waals surface area (Å²) in [6.07, 6.45) is 1.62. The van der Waals surface area contributed by atoms with Gasteiger partial charge < -0.3 is 10.7 Å². The number of pyridine rings is 1. The molecule has 0 aliphatic carbocycles. The van der Waals surface area contributed by atoms with E-state index in [0.29, 0.717) is 0 Å². The molecule has 6 heteroatoms. The summed E-state index contributed by atoms with van der Waals surface area (Å²) in [6, 6.07) is 3.06. The molecule has 0 amide bonds. The number of nitrogens with one attached hydrogen (secondary N) is 1. The minimum atomic E-state index is -0.129. The minimum absolute atomic E-state index is 0.112. The molecular formula is C9H10N4OS. The van der Waals surface area contributed by atoms with Crippen molar-refractivity contribution in [1.82, 2.24) is 15.2 Å². The zero-order valence-electron chi connectivity index (χ0n) is 8.10. The van der Waals surface area contributed by atoms with Crippen molar-refractivity contribution in [2.45, 2.75) is 13.0 Å². The molecule has 0 saturated heterocycles. The van der Waals surface area contributed by atoms with Crippen molar-refractivity contribution in [3.63, 3.8) is 0 Å². The second-order valence-electron chi connectivity index (χ2n) is 3.18. The summed E-state index contributed by atoms with van der Waals surface area (Å²) in [7, 11) is 0. The number of hydrogen-bond donors (Lipinski definition) is 2. The molecule has 1 unspecified atom stereocenters. The Balaban J connectivity index is 2.37. The fraction of sp³-hybridized carbons (Fsp3) is 0.222. The van der Waals surface area contributed by atoms with E-state index < -0.39 is 0 Å².